The lowest BCUT2D eigenvalue weighted by Crippen LogP contribution is -2.19. The van der Waals surface area contributed by atoms with E-state index in [9.17, 15) is 9.59 Å². The number of ether oxygens (including phenoxy) is 1. The largest absolute Gasteiger partial charge is 0.508 e. The third-order valence-corrected chi connectivity index (χ3v) is 5.86. The molecule has 2 rings (SSSR count). The first-order valence-corrected chi connectivity index (χ1v) is 12.0. The highest BCUT2D eigenvalue weighted by Gasteiger charge is 2.26. The monoisotopic (exact) mass is 442 g/mol. The van der Waals surface area contributed by atoms with Crippen molar-refractivity contribution in [2.45, 2.75) is 92.4 Å². The lowest BCUT2D eigenvalue weighted by Gasteiger charge is -2.32. The smallest absolute Gasteiger partial charge is 0.338 e. The molecule has 4 nitrogen and oxygen atoms in total. The number of aromatic hydroxyl groups is 1. The second kappa shape index (κ2) is 14.7. The Kier molecular flexibility index (Phi) is 12.7. The third kappa shape index (κ3) is 10.8. The second-order valence-electron chi connectivity index (χ2n) is 9.33. The molecule has 0 saturated heterocycles. The number of hydrogen-bond acceptors (Lipinski definition) is 4. The number of benzene rings is 1. The van der Waals surface area contributed by atoms with Gasteiger partial charge in [-0.05, 0) is 80.9 Å². The predicted octanol–water partition coefficient (Wildman–Crippen LogP) is 7.57. The van der Waals surface area contributed by atoms with Gasteiger partial charge in [0.05, 0.1) is 12.2 Å². The molecular formula is C28H42O4. The molecule has 1 aliphatic carbocycles. The minimum atomic E-state index is -0.316. The van der Waals surface area contributed by atoms with Crippen LogP contribution in [0.3, 0.4) is 0 Å². The van der Waals surface area contributed by atoms with Crippen LogP contribution in [0.15, 0.2) is 47.6 Å². The number of ketones is 1. The Hall–Kier alpha value is -2.36. The number of allylic oxidation sites excluding steroid dienone is 4. The fourth-order valence-corrected chi connectivity index (χ4v) is 3.94. The van der Waals surface area contributed by atoms with Crippen molar-refractivity contribution in [3.05, 3.63) is 53.1 Å². The summed E-state index contributed by atoms with van der Waals surface area (Å²) in [5.74, 6) is -0.0299. The van der Waals surface area contributed by atoms with Gasteiger partial charge in [0.25, 0.3) is 0 Å². The fraction of sp³-hybridized carbons (Fsp3) is 0.571. The number of esters is 1. The van der Waals surface area contributed by atoms with E-state index >= 15 is 0 Å². The Morgan fingerprint density at radius 1 is 1.06 bits per heavy atom. The molecule has 0 aromatic heterocycles. The van der Waals surface area contributed by atoms with Gasteiger partial charge in [-0.2, -0.15) is 0 Å². The highest BCUT2D eigenvalue weighted by Crippen LogP contribution is 2.40. The predicted molar refractivity (Wildman–Crippen MR) is 132 cm³/mol. The molecule has 0 fully saturated rings. The van der Waals surface area contributed by atoms with Gasteiger partial charge >= 0.3 is 5.97 Å². The summed E-state index contributed by atoms with van der Waals surface area (Å²) in [6.45, 7) is 11.0. The van der Waals surface area contributed by atoms with Crippen molar-refractivity contribution in [2.24, 2.45) is 5.41 Å². The third-order valence-electron chi connectivity index (χ3n) is 5.86. The van der Waals surface area contributed by atoms with Crippen LogP contribution in [-0.2, 0) is 9.53 Å². The number of carbonyl (C=O) groups excluding carboxylic acids is 2. The van der Waals surface area contributed by atoms with E-state index in [1.807, 2.05) is 6.08 Å². The Balaban J connectivity index is 0.000000330. The van der Waals surface area contributed by atoms with Crippen molar-refractivity contribution in [1.82, 2.24) is 0 Å². The molecule has 0 radical (unpaired) electrons. The summed E-state index contributed by atoms with van der Waals surface area (Å²) in [6, 6.07) is 6.11. The maximum atomic E-state index is 11.6. The number of phenolic OH excluding ortho intramolecular Hbond substituents is 1. The highest BCUT2D eigenvalue weighted by atomic mass is 16.5. The molecular weight excluding hydrogens is 400 g/mol. The zero-order valence-electron chi connectivity index (χ0n) is 20.7. The number of carbonyl (C=O) groups is 2. The van der Waals surface area contributed by atoms with Gasteiger partial charge in [0.15, 0.2) is 5.78 Å². The fourth-order valence-electron chi connectivity index (χ4n) is 3.94. The lowest BCUT2D eigenvalue weighted by molar-refractivity contribution is -0.112. The first kappa shape index (κ1) is 27.7. The van der Waals surface area contributed by atoms with Crippen LogP contribution in [0, 0.1) is 5.41 Å². The van der Waals surface area contributed by atoms with E-state index in [0.717, 1.165) is 12.8 Å². The Morgan fingerprint density at radius 2 is 1.69 bits per heavy atom. The SMILES string of the molecule is CC(=O)/C=C/C1=C(C)CCCC1(C)C.CCCCCCCCOC(=O)c1ccc(O)cc1. The number of unbranched alkanes of at least 4 members (excludes halogenated alkanes) is 5. The van der Waals surface area contributed by atoms with Gasteiger partial charge in [-0.25, -0.2) is 4.79 Å². The molecule has 0 bridgehead atoms. The molecule has 1 aliphatic rings. The van der Waals surface area contributed by atoms with Crippen molar-refractivity contribution in [1.29, 1.82) is 0 Å². The molecule has 0 spiro atoms. The van der Waals surface area contributed by atoms with Crippen LogP contribution in [-0.4, -0.2) is 23.5 Å². The number of rotatable bonds is 10. The van der Waals surface area contributed by atoms with E-state index < -0.39 is 0 Å². The zero-order valence-corrected chi connectivity index (χ0v) is 20.7. The molecule has 1 aromatic carbocycles. The molecule has 1 N–H and O–H groups in total. The summed E-state index contributed by atoms with van der Waals surface area (Å²) in [5, 5.41) is 9.10. The van der Waals surface area contributed by atoms with Gasteiger partial charge in [-0.15, -0.1) is 0 Å². The summed E-state index contributed by atoms with van der Waals surface area (Å²) in [6.07, 6.45) is 14.4. The summed E-state index contributed by atoms with van der Waals surface area (Å²) >= 11 is 0. The second-order valence-corrected chi connectivity index (χ2v) is 9.33. The van der Waals surface area contributed by atoms with Crippen LogP contribution in [0.4, 0.5) is 0 Å². The van der Waals surface area contributed by atoms with Gasteiger partial charge in [0.1, 0.15) is 5.75 Å². The van der Waals surface area contributed by atoms with E-state index in [-0.39, 0.29) is 22.9 Å². The number of hydrogen-bond donors (Lipinski definition) is 1. The molecule has 4 heteroatoms. The Bertz CT molecular complexity index is 769. The average molecular weight is 443 g/mol. The van der Waals surface area contributed by atoms with Crippen LogP contribution >= 0.6 is 0 Å². The van der Waals surface area contributed by atoms with Gasteiger partial charge in [-0.1, -0.05) is 64.5 Å². The topological polar surface area (TPSA) is 63.6 Å². The maximum Gasteiger partial charge on any atom is 0.338 e. The molecule has 32 heavy (non-hydrogen) atoms. The van der Waals surface area contributed by atoms with E-state index in [1.165, 1.54) is 68.2 Å². The lowest BCUT2D eigenvalue weighted by atomic mass is 9.72. The van der Waals surface area contributed by atoms with Crippen LogP contribution in [0.5, 0.6) is 5.75 Å². The van der Waals surface area contributed by atoms with Crippen molar-refractivity contribution in [3.8, 4) is 5.75 Å². The highest BCUT2D eigenvalue weighted by molar-refractivity contribution is 5.89. The van der Waals surface area contributed by atoms with E-state index in [0.29, 0.717) is 12.2 Å². The first-order chi connectivity index (χ1) is 15.2. The average Bonchev–Trinajstić information content (AvgIpc) is 2.73. The summed E-state index contributed by atoms with van der Waals surface area (Å²) < 4.78 is 5.15. The first-order valence-electron chi connectivity index (χ1n) is 12.0. The molecule has 0 saturated carbocycles. The van der Waals surface area contributed by atoms with Gasteiger partial charge in [-0.3, -0.25) is 4.79 Å². The Morgan fingerprint density at radius 3 is 2.28 bits per heavy atom. The van der Waals surface area contributed by atoms with Crippen LogP contribution < -0.4 is 0 Å². The standard InChI is InChI=1S/C15H22O3.C13H20O/c1-2-3-4-5-6-7-12-18-15(17)13-8-10-14(16)11-9-13;1-10-6-5-9-13(3,4)12(10)8-7-11(2)14/h8-11,16H,2-7,12H2,1H3;7-8H,5-6,9H2,1-4H3/b;8-7+. The molecule has 0 aliphatic heterocycles. The summed E-state index contributed by atoms with van der Waals surface area (Å²) in [5.41, 5.74) is 3.53. The van der Waals surface area contributed by atoms with Crippen molar-refractivity contribution in [3.63, 3.8) is 0 Å². The molecule has 1 aromatic rings. The summed E-state index contributed by atoms with van der Waals surface area (Å²) in [4.78, 5) is 22.5. The molecule has 0 unspecified atom stereocenters. The van der Waals surface area contributed by atoms with Crippen molar-refractivity contribution >= 4 is 11.8 Å². The Labute approximate surface area is 194 Å². The van der Waals surface area contributed by atoms with E-state index in [2.05, 4.69) is 27.7 Å². The molecule has 0 amide bonds. The van der Waals surface area contributed by atoms with Gasteiger partial charge in [0, 0.05) is 0 Å². The minimum Gasteiger partial charge on any atom is -0.508 e. The van der Waals surface area contributed by atoms with Crippen LogP contribution in [0.2, 0.25) is 0 Å². The quantitative estimate of drug-likeness (QED) is 0.230. The van der Waals surface area contributed by atoms with Gasteiger partial charge < -0.3 is 9.84 Å². The maximum absolute atomic E-state index is 11.6. The molecule has 178 valence electrons. The normalized spacial score (nSPS) is 15.3. The van der Waals surface area contributed by atoms with Crippen LogP contribution in [0.25, 0.3) is 0 Å². The molecule has 0 atom stereocenters. The van der Waals surface area contributed by atoms with E-state index in [1.54, 1.807) is 25.1 Å². The number of phenols is 1. The minimum absolute atomic E-state index is 0.131. The zero-order chi connectivity index (χ0) is 24.0. The van der Waals surface area contributed by atoms with E-state index in [4.69, 9.17) is 9.84 Å². The van der Waals surface area contributed by atoms with Crippen molar-refractivity contribution < 1.29 is 19.4 Å². The summed E-state index contributed by atoms with van der Waals surface area (Å²) in [7, 11) is 0. The molecule has 0 heterocycles. The van der Waals surface area contributed by atoms with Crippen LogP contribution in [0.1, 0.15) is 103 Å². The van der Waals surface area contributed by atoms with Crippen molar-refractivity contribution in [2.75, 3.05) is 6.61 Å². The van der Waals surface area contributed by atoms with Gasteiger partial charge in [0.2, 0.25) is 0 Å².